The van der Waals surface area contributed by atoms with Crippen molar-refractivity contribution in [3.05, 3.63) is 58.4 Å². The van der Waals surface area contributed by atoms with E-state index in [4.69, 9.17) is 5.73 Å². The minimum atomic E-state index is -1.03. The lowest BCUT2D eigenvalue weighted by atomic mass is 9.95. The largest absolute Gasteiger partial charge is 0.338 e. The third-order valence-electron chi connectivity index (χ3n) is 4.76. The number of carbonyl (C=O) groups excluding carboxylic acids is 1. The second-order valence-corrected chi connectivity index (χ2v) is 6.85. The van der Waals surface area contributed by atoms with Crippen molar-refractivity contribution in [3.63, 3.8) is 0 Å². The highest BCUT2D eigenvalue weighted by molar-refractivity contribution is 5.85. The molecular weight excluding hydrogens is 358 g/mol. The van der Waals surface area contributed by atoms with E-state index in [1.54, 1.807) is 18.7 Å². The SMILES string of the molecule is CC(C)(C(=O)N1C[C@@H](N)[C@H](c2ccccc2)C1)n1cc([N+](=O)[O-])cn1.Cl. The number of nitrogens with zero attached hydrogens (tertiary/aromatic N) is 4. The minimum absolute atomic E-state index is 0. The summed E-state index contributed by atoms with van der Waals surface area (Å²) >= 11 is 0. The van der Waals surface area contributed by atoms with E-state index in [1.807, 2.05) is 30.3 Å². The molecule has 0 bridgehead atoms. The Bertz CT molecular complexity index is 793. The number of benzene rings is 1. The standard InChI is InChI=1S/C17H21N5O3.ClH/c1-17(2,21-9-13(8-19-21)22(24)25)16(23)20-10-14(15(18)11-20)12-6-4-3-5-7-12;/h3-9,14-15H,10-11,18H2,1-2H3;1H/t14-,15+;/m0./s1. The van der Waals surface area contributed by atoms with E-state index < -0.39 is 10.5 Å². The van der Waals surface area contributed by atoms with Gasteiger partial charge in [0, 0.05) is 25.0 Å². The van der Waals surface area contributed by atoms with Crippen LogP contribution in [0.25, 0.3) is 0 Å². The van der Waals surface area contributed by atoms with Crippen molar-refractivity contribution in [2.24, 2.45) is 5.73 Å². The molecule has 9 heteroatoms. The van der Waals surface area contributed by atoms with E-state index in [-0.39, 0.29) is 36.0 Å². The van der Waals surface area contributed by atoms with Gasteiger partial charge in [0.05, 0.1) is 4.92 Å². The van der Waals surface area contributed by atoms with Gasteiger partial charge in [0.25, 0.3) is 0 Å². The quantitative estimate of drug-likeness (QED) is 0.644. The summed E-state index contributed by atoms with van der Waals surface area (Å²) in [6.07, 6.45) is 2.43. The van der Waals surface area contributed by atoms with Gasteiger partial charge in [-0.15, -0.1) is 12.4 Å². The van der Waals surface area contributed by atoms with Crippen LogP contribution < -0.4 is 5.73 Å². The van der Waals surface area contributed by atoms with Crippen LogP contribution in [0.3, 0.4) is 0 Å². The van der Waals surface area contributed by atoms with Crippen LogP contribution in [0, 0.1) is 10.1 Å². The van der Waals surface area contributed by atoms with Crippen LogP contribution in [-0.4, -0.2) is 44.6 Å². The molecule has 0 aliphatic carbocycles. The Labute approximate surface area is 157 Å². The molecule has 2 N–H and O–H groups in total. The van der Waals surface area contributed by atoms with E-state index in [0.717, 1.165) is 11.8 Å². The van der Waals surface area contributed by atoms with Gasteiger partial charge < -0.3 is 10.6 Å². The molecule has 140 valence electrons. The lowest BCUT2D eigenvalue weighted by Crippen LogP contribution is -2.47. The minimum Gasteiger partial charge on any atom is -0.338 e. The molecule has 1 amide bonds. The van der Waals surface area contributed by atoms with E-state index >= 15 is 0 Å². The summed E-state index contributed by atoms with van der Waals surface area (Å²) in [4.78, 5) is 25.1. The molecule has 1 aromatic carbocycles. The zero-order chi connectivity index (χ0) is 18.2. The average Bonchev–Trinajstić information content (AvgIpc) is 3.22. The predicted molar refractivity (Wildman–Crippen MR) is 99.2 cm³/mol. The van der Waals surface area contributed by atoms with Gasteiger partial charge in [-0.1, -0.05) is 30.3 Å². The molecule has 1 aliphatic rings. The fourth-order valence-corrected chi connectivity index (χ4v) is 3.25. The maximum Gasteiger partial charge on any atom is 0.307 e. The van der Waals surface area contributed by atoms with Gasteiger partial charge in [-0.3, -0.25) is 19.6 Å². The monoisotopic (exact) mass is 379 g/mol. The number of carbonyl (C=O) groups is 1. The molecule has 1 fully saturated rings. The summed E-state index contributed by atoms with van der Waals surface area (Å²) in [5.74, 6) is -0.0766. The fraction of sp³-hybridized carbons (Fsp3) is 0.412. The third kappa shape index (κ3) is 3.56. The summed E-state index contributed by atoms with van der Waals surface area (Å²) in [6, 6.07) is 9.74. The Kier molecular flexibility index (Phi) is 5.68. The smallest absolute Gasteiger partial charge is 0.307 e. The Hall–Kier alpha value is -2.45. The zero-order valence-electron chi connectivity index (χ0n) is 14.6. The Morgan fingerprint density at radius 2 is 1.96 bits per heavy atom. The molecular formula is C17H22ClN5O3. The first-order valence-electron chi connectivity index (χ1n) is 8.10. The molecule has 0 spiro atoms. The van der Waals surface area contributed by atoms with Gasteiger partial charge in [-0.2, -0.15) is 5.10 Å². The van der Waals surface area contributed by atoms with E-state index in [1.165, 1.54) is 10.9 Å². The molecule has 0 unspecified atom stereocenters. The van der Waals surface area contributed by atoms with Crippen molar-refractivity contribution in [1.29, 1.82) is 0 Å². The van der Waals surface area contributed by atoms with Crippen molar-refractivity contribution in [2.75, 3.05) is 13.1 Å². The molecule has 2 aromatic rings. The van der Waals surface area contributed by atoms with Crippen LogP contribution in [0.5, 0.6) is 0 Å². The third-order valence-corrected chi connectivity index (χ3v) is 4.76. The van der Waals surface area contributed by atoms with Crippen LogP contribution >= 0.6 is 12.4 Å². The first kappa shape index (κ1) is 19.9. The lowest BCUT2D eigenvalue weighted by Gasteiger charge is -2.29. The molecule has 1 aromatic heterocycles. The number of amides is 1. The molecule has 1 saturated heterocycles. The van der Waals surface area contributed by atoms with Gasteiger partial charge >= 0.3 is 5.69 Å². The van der Waals surface area contributed by atoms with Crippen LogP contribution in [0.2, 0.25) is 0 Å². The number of aromatic nitrogens is 2. The normalized spacial score (nSPS) is 19.9. The molecule has 3 rings (SSSR count). The molecule has 2 atom stereocenters. The summed E-state index contributed by atoms with van der Waals surface area (Å²) < 4.78 is 1.34. The predicted octanol–water partition coefficient (Wildman–Crippen LogP) is 1.90. The van der Waals surface area contributed by atoms with Crippen molar-refractivity contribution in [1.82, 2.24) is 14.7 Å². The van der Waals surface area contributed by atoms with E-state index in [2.05, 4.69) is 5.10 Å². The molecule has 2 heterocycles. The Balaban J connectivity index is 0.00000243. The number of hydrogen-bond acceptors (Lipinski definition) is 5. The van der Waals surface area contributed by atoms with Crippen molar-refractivity contribution >= 4 is 24.0 Å². The molecule has 26 heavy (non-hydrogen) atoms. The first-order valence-corrected chi connectivity index (χ1v) is 8.10. The van der Waals surface area contributed by atoms with Gasteiger partial charge in [-0.25, -0.2) is 0 Å². The maximum absolute atomic E-state index is 13.0. The van der Waals surface area contributed by atoms with Crippen LogP contribution in [0.4, 0.5) is 5.69 Å². The van der Waals surface area contributed by atoms with Gasteiger partial charge in [0.2, 0.25) is 5.91 Å². The fourth-order valence-electron chi connectivity index (χ4n) is 3.25. The van der Waals surface area contributed by atoms with Gasteiger partial charge in [-0.05, 0) is 19.4 Å². The summed E-state index contributed by atoms with van der Waals surface area (Å²) in [5, 5.41) is 14.8. The Morgan fingerprint density at radius 1 is 1.31 bits per heavy atom. The van der Waals surface area contributed by atoms with Crippen LogP contribution in [0.15, 0.2) is 42.7 Å². The Morgan fingerprint density at radius 3 is 2.54 bits per heavy atom. The van der Waals surface area contributed by atoms with E-state index in [0.29, 0.717) is 13.1 Å². The van der Waals surface area contributed by atoms with Gasteiger partial charge in [0.1, 0.15) is 17.9 Å². The number of hydrogen-bond donors (Lipinski definition) is 1. The van der Waals surface area contributed by atoms with Crippen LogP contribution in [0.1, 0.15) is 25.3 Å². The second-order valence-electron chi connectivity index (χ2n) is 6.85. The molecule has 0 radical (unpaired) electrons. The molecule has 1 aliphatic heterocycles. The number of likely N-dealkylation sites (tertiary alicyclic amines) is 1. The summed E-state index contributed by atoms with van der Waals surface area (Å²) in [5.41, 5.74) is 6.20. The zero-order valence-corrected chi connectivity index (χ0v) is 15.4. The summed E-state index contributed by atoms with van der Waals surface area (Å²) in [6.45, 7) is 4.38. The topological polar surface area (TPSA) is 107 Å². The second kappa shape index (κ2) is 7.43. The number of nitro groups is 1. The van der Waals surface area contributed by atoms with Crippen molar-refractivity contribution < 1.29 is 9.72 Å². The lowest BCUT2D eigenvalue weighted by molar-refractivity contribution is -0.385. The molecule has 0 saturated carbocycles. The van der Waals surface area contributed by atoms with Crippen LogP contribution in [-0.2, 0) is 10.3 Å². The number of nitrogens with two attached hydrogens (primary N) is 1. The number of halogens is 1. The van der Waals surface area contributed by atoms with E-state index in [9.17, 15) is 14.9 Å². The maximum atomic E-state index is 13.0. The highest BCUT2D eigenvalue weighted by atomic mass is 35.5. The van der Waals surface area contributed by atoms with Crippen molar-refractivity contribution in [2.45, 2.75) is 31.3 Å². The molecule has 8 nitrogen and oxygen atoms in total. The van der Waals surface area contributed by atoms with Gasteiger partial charge in [0.15, 0.2) is 0 Å². The highest BCUT2D eigenvalue weighted by Crippen LogP contribution is 2.30. The number of rotatable bonds is 4. The van der Waals surface area contributed by atoms with Crippen molar-refractivity contribution in [3.8, 4) is 0 Å². The average molecular weight is 380 g/mol. The highest BCUT2D eigenvalue weighted by Gasteiger charge is 2.41. The summed E-state index contributed by atoms with van der Waals surface area (Å²) in [7, 11) is 0. The first-order chi connectivity index (χ1) is 11.8.